The average molecular weight is 207 g/mol. The van der Waals surface area contributed by atoms with Gasteiger partial charge < -0.3 is 5.73 Å². The van der Waals surface area contributed by atoms with E-state index in [-0.39, 0.29) is 5.82 Å². The lowest BCUT2D eigenvalue weighted by Gasteiger charge is -2.35. The highest BCUT2D eigenvalue weighted by atomic mass is 19.1. The number of hydrogen-bond donors (Lipinski definition) is 1. The molecule has 0 heterocycles. The molecular formula is C13H18FN. The molecule has 2 N–H and O–H groups in total. The van der Waals surface area contributed by atoms with Gasteiger partial charge in [0.1, 0.15) is 5.82 Å². The van der Waals surface area contributed by atoms with Gasteiger partial charge in [-0.2, -0.15) is 0 Å². The van der Waals surface area contributed by atoms with E-state index in [2.05, 4.69) is 0 Å². The van der Waals surface area contributed by atoms with Crippen molar-refractivity contribution < 1.29 is 4.39 Å². The molecule has 82 valence electrons. The van der Waals surface area contributed by atoms with Crippen LogP contribution in [0.5, 0.6) is 0 Å². The molecule has 1 aromatic carbocycles. The monoisotopic (exact) mass is 207 g/mol. The van der Waals surface area contributed by atoms with E-state index in [9.17, 15) is 4.39 Å². The van der Waals surface area contributed by atoms with Gasteiger partial charge in [-0.3, -0.25) is 0 Å². The second kappa shape index (κ2) is 3.93. The van der Waals surface area contributed by atoms with Crippen LogP contribution in [0, 0.1) is 12.7 Å². The smallest absolute Gasteiger partial charge is 0.128 e. The van der Waals surface area contributed by atoms with Crippen molar-refractivity contribution in [1.29, 1.82) is 0 Å². The lowest BCUT2D eigenvalue weighted by molar-refractivity contribution is 0.291. The topological polar surface area (TPSA) is 26.0 Å². The van der Waals surface area contributed by atoms with Crippen molar-refractivity contribution in [3.63, 3.8) is 0 Å². The van der Waals surface area contributed by atoms with E-state index in [0.29, 0.717) is 0 Å². The molecular weight excluding hydrogens is 189 g/mol. The van der Waals surface area contributed by atoms with E-state index < -0.39 is 5.54 Å². The summed E-state index contributed by atoms with van der Waals surface area (Å²) in [5.41, 5.74) is 7.65. The standard InChI is InChI=1S/C13H18FN/c1-10-6-5-7-11(14)12(10)13(15)8-3-2-4-9-13/h5-7H,2-4,8-9,15H2,1H3. The summed E-state index contributed by atoms with van der Waals surface area (Å²) >= 11 is 0. The summed E-state index contributed by atoms with van der Waals surface area (Å²) in [4.78, 5) is 0. The van der Waals surface area contributed by atoms with Gasteiger partial charge in [0.2, 0.25) is 0 Å². The Morgan fingerprint density at radius 3 is 2.47 bits per heavy atom. The highest BCUT2D eigenvalue weighted by molar-refractivity contribution is 5.34. The van der Waals surface area contributed by atoms with Gasteiger partial charge in [-0.05, 0) is 31.4 Å². The van der Waals surface area contributed by atoms with Crippen LogP contribution in [0.15, 0.2) is 18.2 Å². The Balaban J connectivity index is 2.42. The number of benzene rings is 1. The molecule has 2 heteroatoms. The first-order chi connectivity index (χ1) is 7.13. The maximum Gasteiger partial charge on any atom is 0.128 e. The minimum Gasteiger partial charge on any atom is -0.321 e. The second-order valence-electron chi connectivity index (χ2n) is 4.65. The fourth-order valence-corrected chi connectivity index (χ4v) is 2.70. The molecule has 1 saturated carbocycles. The van der Waals surface area contributed by atoms with Gasteiger partial charge in [-0.1, -0.05) is 31.4 Å². The lowest BCUT2D eigenvalue weighted by atomic mass is 9.76. The van der Waals surface area contributed by atoms with Crippen molar-refractivity contribution >= 4 is 0 Å². The Morgan fingerprint density at radius 2 is 1.87 bits per heavy atom. The molecule has 1 aliphatic carbocycles. The van der Waals surface area contributed by atoms with Crippen LogP contribution in [-0.2, 0) is 5.54 Å². The fraction of sp³-hybridized carbons (Fsp3) is 0.538. The molecule has 2 rings (SSSR count). The molecule has 1 fully saturated rings. The van der Waals surface area contributed by atoms with Gasteiger partial charge in [-0.25, -0.2) is 4.39 Å². The average Bonchev–Trinajstić information content (AvgIpc) is 2.18. The Labute approximate surface area is 90.5 Å². The lowest BCUT2D eigenvalue weighted by Crippen LogP contribution is -2.40. The van der Waals surface area contributed by atoms with Gasteiger partial charge in [0.05, 0.1) is 0 Å². The maximum absolute atomic E-state index is 13.8. The third-order valence-electron chi connectivity index (χ3n) is 3.47. The molecule has 0 aliphatic heterocycles. The molecule has 0 unspecified atom stereocenters. The van der Waals surface area contributed by atoms with E-state index in [4.69, 9.17) is 5.73 Å². The Hall–Kier alpha value is -0.890. The van der Waals surface area contributed by atoms with Gasteiger partial charge in [-0.15, -0.1) is 0 Å². The number of nitrogens with two attached hydrogens (primary N) is 1. The highest BCUT2D eigenvalue weighted by Gasteiger charge is 2.32. The first-order valence-corrected chi connectivity index (χ1v) is 5.68. The summed E-state index contributed by atoms with van der Waals surface area (Å²) < 4.78 is 13.8. The Bertz CT molecular complexity index is 333. The van der Waals surface area contributed by atoms with Crippen molar-refractivity contribution in [2.24, 2.45) is 5.73 Å². The summed E-state index contributed by atoms with van der Waals surface area (Å²) in [5, 5.41) is 0. The summed E-state index contributed by atoms with van der Waals surface area (Å²) in [6, 6.07) is 5.22. The van der Waals surface area contributed by atoms with E-state index in [1.165, 1.54) is 12.5 Å². The summed E-state index contributed by atoms with van der Waals surface area (Å²) in [7, 11) is 0. The number of hydrogen-bond acceptors (Lipinski definition) is 1. The molecule has 0 atom stereocenters. The summed E-state index contributed by atoms with van der Waals surface area (Å²) in [6.45, 7) is 1.95. The van der Waals surface area contributed by atoms with Gasteiger partial charge >= 0.3 is 0 Å². The zero-order valence-electron chi connectivity index (χ0n) is 9.22. The minimum atomic E-state index is -0.423. The quantitative estimate of drug-likeness (QED) is 0.751. The molecule has 0 spiro atoms. The van der Waals surface area contributed by atoms with Crippen LogP contribution < -0.4 is 5.73 Å². The molecule has 1 aromatic rings. The molecule has 0 amide bonds. The first kappa shape index (κ1) is 10.6. The highest BCUT2D eigenvalue weighted by Crippen LogP contribution is 2.37. The molecule has 1 nitrogen and oxygen atoms in total. The van der Waals surface area contributed by atoms with Crippen LogP contribution in [0.25, 0.3) is 0 Å². The minimum absolute atomic E-state index is 0.139. The SMILES string of the molecule is Cc1cccc(F)c1C1(N)CCCCC1. The van der Waals surface area contributed by atoms with Gasteiger partial charge in [0.25, 0.3) is 0 Å². The van der Waals surface area contributed by atoms with Crippen LogP contribution >= 0.6 is 0 Å². The normalized spacial score (nSPS) is 20.2. The maximum atomic E-state index is 13.8. The van der Waals surface area contributed by atoms with E-state index in [0.717, 1.165) is 36.8 Å². The van der Waals surface area contributed by atoms with Crippen molar-refractivity contribution in [3.05, 3.63) is 35.1 Å². The Morgan fingerprint density at radius 1 is 1.20 bits per heavy atom. The van der Waals surface area contributed by atoms with Crippen LogP contribution in [0.1, 0.15) is 43.2 Å². The molecule has 0 saturated heterocycles. The summed E-state index contributed by atoms with van der Waals surface area (Å²) in [6.07, 6.45) is 5.28. The van der Waals surface area contributed by atoms with E-state index >= 15 is 0 Å². The van der Waals surface area contributed by atoms with E-state index in [1.54, 1.807) is 6.07 Å². The van der Waals surface area contributed by atoms with Crippen LogP contribution in [0.2, 0.25) is 0 Å². The number of rotatable bonds is 1. The Kier molecular flexibility index (Phi) is 2.79. The fourth-order valence-electron chi connectivity index (χ4n) is 2.70. The van der Waals surface area contributed by atoms with Crippen LogP contribution in [0.4, 0.5) is 4.39 Å². The molecule has 0 bridgehead atoms. The second-order valence-corrected chi connectivity index (χ2v) is 4.65. The molecule has 0 aromatic heterocycles. The zero-order chi connectivity index (χ0) is 10.9. The first-order valence-electron chi connectivity index (χ1n) is 5.68. The predicted molar refractivity (Wildman–Crippen MR) is 60.1 cm³/mol. The number of aryl methyl sites for hydroxylation is 1. The summed E-state index contributed by atoms with van der Waals surface area (Å²) in [5.74, 6) is -0.139. The van der Waals surface area contributed by atoms with Gasteiger partial charge in [0, 0.05) is 11.1 Å². The largest absolute Gasteiger partial charge is 0.321 e. The molecule has 0 radical (unpaired) electrons. The molecule has 15 heavy (non-hydrogen) atoms. The molecule has 1 aliphatic rings. The van der Waals surface area contributed by atoms with Crippen molar-refractivity contribution in [3.8, 4) is 0 Å². The predicted octanol–water partition coefficient (Wildman–Crippen LogP) is 3.25. The third-order valence-corrected chi connectivity index (χ3v) is 3.47. The van der Waals surface area contributed by atoms with Crippen molar-refractivity contribution in [2.45, 2.75) is 44.6 Å². The van der Waals surface area contributed by atoms with Crippen LogP contribution in [0.3, 0.4) is 0 Å². The van der Waals surface area contributed by atoms with Gasteiger partial charge in [0.15, 0.2) is 0 Å². The van der Waals surface area contributed by atoms with Crippen molar-refractivity contribution in [2.75, 3.05) is 0 Å². The zero-order valence-corrected chi connectivity index (χ0v) is 9.22. The van der Waals surface area contributed by atoms with Crippen molar-refractivity contribution in [1.82, 2.24) is 0 Å². The number of halogens is 1. The third kappa shape index (κ3) is 1.91. The van der Waals surface area contributed by atoms with Crippen LogP contribution in [-0.4, -0.2) is 0 Å². The van der Waals surface area contributed by atoms with E-state index in [1.807, 2.05) is 13.0 Å².